The van der Waals surface area contributed by atoms with E-state index in [1.54, 1.807) is 34.6 Å². The van der Waals surface area contributed by atoms with Crippen LogP contribution in [-0.4, -0.2) is 37.1 Å². The molecule has 0 aliphatic carbocycles. The van der Waals surface area contributed by atoms with Gasteiger partial charge >= 0.3 is 11.9 Å². The molecule has 6 heteroatoms. The van der Waals surface area contributed by atoms with Gasteiger partial charge in [-0.25, -0.2) is 4.79 Å². The Balaban J connectivity index is 4.40. The molecule has 1 N–H and O–H groups in total. The van der Waals surface area contributed by atoms with Gasteiger partial charge in [0.1, 0.15) is 6.04 Å². The molecule has 22 heavy (non-hydrogen) atoms. The molecule has 0 aromatic heterocycles. The summed E-state index contributed by atoms with van der Waals surface area (Å²) in [6.07, 6.45) is 2.00. The van der Waals surface area contributed by atoms with Crippen molar-refractivity contribution in [1.82, 2.24) is 5.32 Å². The number of carbonyl (C=O) groups excluding carboxylic acids is 3. The van der Waals surface area contributed by atoms with Crippen molar-refractivity contribution in [3.05, 3.63) is 0 Å². The van der Waals surface area contributed by atoms with Gasteiger partial charge in [0.25, 0.3) is 0 Å². The van der Waals surface area contributed by atoms with Gasteiger partial charge in [-0.1, -0.05) is 27.2 Å². The Morgan fingerprint density at radius 2 is 1.59 bits per heavy atom. The summed E-state index contributed by atoms with van der Waals surface area (Å²) in [6.45, 7) is 9.47. The first-order valence-corrected chi connectivity index (χ1v) is 7.85. The van der Waals surface area contributed by atoms with E-state index in [0.717, 1.165) is 0 Å². The molecule has 6 nitrogen and oxygen atoms in total. The molecule has 1 unspecified atom stereocenters. The van der Waals surface area contributed by atoms with Crippen LogP contribution in [0.2, 0.25) is 0 Å². The maximum atomic E-state index is 12.0. The summed E-state index contributed by atoms with van der Waals surface area (Å²) in [5.41, 5.74) is -0.574. The monoisotopic (exact) mass is 315 g/mol. The highest BCUT2D eigenvalue weighted by molar-refractivity contribution is 5.87. The highest BCUT2D eigenvalue weighted by Crippen LogP contribution is 2.15. The summed E-state index contributed by atoms with van der Waals surface area (Å²) in [5.74, 6) is -0.874. The SMILES string of the molecule is CCOC(=O)CCCCC(NC(=O)C(C)(C)C)C(=O)OCC. The van der Waals surface area contributed by atoms with Crippen LogP contribution < -0.4 is 5.32 Å². The third kappa shape index (κ3) is 8.64. The van der Waals surface area contributed by atoms with Crippen molar-refractivity contribution in [2.24, 2.45) is 5.41 Å². The van der Waals surface area contributed by atoms with Gasteiger partial charge in [0.15, 0.2) is 0 Å². The third-order valence-electron chi connectivity index (χ3n) is 2.99. The average molecular weight is 315 g/mol. The first-order valence-electron chi connectivity index (χ1n) is 7.85. The predicted octanol–water partition coefficient (Wildman–Crippen LogP) is 2.20. The zero-order valence-corrected chi connectivity index (χ0v) is 14.4. The molecule has 1 amide bonds. The van der Waals surface area contributed by atoms with Crippen molar-refractivity contribution in [2.45, 2.75) is 66.3 Å². The minimum atomic E-state index is -0.672. The lowest BCUT2D eigenvalue weighted by atomic mass is 9.94. The Bertz CT molecular complexity index is 373. The quantitative estimate of drug-likeness (QED) is 0.521. The van der Waals surface area contributed by atoms with E-state index in [-0.39, 0.29) is 18.5 Å². The molecule has 128 valence electrons. The number of amides is 1. The van der Waals surface area contributed by atoms with E-state index in [0.29, 0.717) is 32.3 Å². The second-order valence-electron chi connectivity index (χ2n) is 6.08. The second kappa shape index (κ2) is 10.2. The number of esters is 2. The van der Waals surface area contributed by atoms with Gasteiger partial charge in [0.2, 0.25) is 5.91 Å². The standard InChI is InChI=1S/C16H29NO5/c1-6-21-13(18)11-9-8-10-12(14(19)22-7-2)17-15(20)16(3,4)5/h12H,6-11H2,1-5H3,(H,17,20). The lowest BCUT2D eigenvalue weighted by molar-refractivity contribution is -0.148. The second-order valence-corrected chi connectivity index (χ2v) is 6.08. The van der Waals surface area contributed by atoms with E-state index >= 15 is 0 Å². The lowest BCUT2D eigenvalue weighted by Gasteiger charge is -2.23. The summed E-state index contributed by atoms with van der Waals surface area (Å²) < 4.78 is 9.83. The van der Waals surface area contributed by atoms with E-state index in [4.69, 9.17) is 9.47 Å². The number of hydrogen-bond acceptors (Lipinski definition) is 5. The van der Waals surface area contributed by atoms with Crippen molar-refractivity contribution < 1.29 is 23.9 Å². The predicted molar refractivity (Wildman–Crippen MR) is 83.1 cm³/mol. The Morgan fingerprint density at radius 1 is 1.00 bits per heavy atom. The van der Waals surface area contributed by atoms with Crippen LogP contribution in [0.25, 0.3) is 0 Å². The van der Waals surface area contributed by atoms with Gasteiger partial charge in [-0.3, -0.25) is 9.59 Å². The molecule has 0 saturated heterocycles. The number of unbranched alkanes of at least 4 members (excludes halogenated alkanes) is 1. The molecule has 0 aromatic rings. The molecule has 0 saturated carbocycles. The van der Waals surface area contributed by atoms with Crippen LogP contribution in [0.3, 0.4) is 0 Å². The first kappa shape index (κ1) is 20.4. The first-order chi connectivity index (χ1) is 10.2. The van der Waals surface area contributed by atoms with Crippen LogP contribution in [-0.2, 0) is 23.9 Å². The van der Waals surface area contributed by atoms with Crippen molar-refractivity contribution >= 4 is 17.8 Å². The van der Waals surface area contributed by atoms with E-state index in [1.165, 1.54) is 0 Å². The summed E-state index contributed by atoms with van der Waals surface area (Å²) in [4.78, 5) is 35.2. The topological polar surface area (TPSA) is 81.7 Å². The fraction of sp³-hybridized carbons (Fsp3) is 0.812. The zero-order chi connectivity index (χ0) is 17.2. The van der Waals surface area contributed by atoms with Crippen LogP contribution in [0.1, 0.15) is 60.3 Å². The summed E-state index contributed by atoms with van der Waals surface area (Å²) in [5, 5.41) is 2.73. The van der Waals surface area contributed by atoms with Crippen LogP contribution in [0.4, 0.5) is 0 Å². The van der Waals surface area contributed by atoms with Crippen LogP contribution in [0.15, 0.2) is 0 Å². The average Bonchev–Trinajstić information content (AvgIpc) is 2.41. The Morgan fingerprint density at radius 3 is 2.09 bits per heavy atom. The van der Waals surface area contributed by atoms with Gasteiger partial charge in [0, 0.05) is 11.8 Å². The van der Waals surface area contributed by atoms with E-state index in [2.05, 4.69) is 5.32 Å². The lowest BCUT2D eigenvalue weighted by Crippen LogP contribution is -2.46. The number of rotatable bonds is 9. The molecule has 0 heterocycles. The number of nitrogens with one attached hydrogen (secondary N) is 1. The minimum absolute atomic E-state index is 0.198. The minimum Gasteiger partial charge on any atom is -0.466 e. The van der Waals surface area contributed by atoms with Gasteiger partial charge in [-0.2, -0.15) is 0 Å². The highest BCUT2D eigenvalue weighted by Gasteiger charge is 2.28. The van der Waals surface area contributed by atoms with Gasteiger partial charge in [0.05, 0.1) is 13.2 Å². The van der Waals surface area contributed by atoms with E-state index < -0.39 is 17.4 Å². The fourth-order valence-electron chi connectivity index (χ4n) is 1.72. The zero-order valence-electron chi connectivity index (χ0n) is 14.4. The van der Waals surface area contributed by atoms with Gasteiger partial charge in [-0.05, 0) is 26.7 Å². The molecule has 0 aliphatic heterocycles. The van der Waals surface area contributed by atoms with Crippen molar-refractivity contribution in [3.8, 4) is 0 Å². The number of carbonyl (C=O) groups is 3. The largest absolute Gasteiger partial charge is 0.466 e. The normalized spacial score (nSPS) is 12.4. The van der Waals surface area contributed by atoms with Crippen LogP contribution in [0, 0.1) is 5.41 Å². The van der Waals surface area contributed by atoms with Crippen molar-refractivity contribution in [1.29, 1.82) is 0 Å². The summed E-state index contributed by atoms with van der Waals surface area (Å²) >= 11 is 0. The van der Waals surface area contributed by atoms with Crippen LogP contribution >= 0.6 is 0 Å². The molecule has 0 bridgehead atoms. The third-order valence-corrected chi connectivity index (χ3v) is 2.99. The van der Waals surface area contributed by atoms with E-state index in [9.17, 15) is 14.4 Å². The van der Waals surface area contributed by atoms with Crippen molar-refractivity contribution in [2.75, 3.05) is 13.2 Å². The Labute approximate surface area is 132 Å². The van der Waals surface area contributed by atoms with Gasteiger partial charge < -0.3 is 14.8 Å². The number of hydrogen-bond donors (Lipinski definition) is 1. The molecule has 0 aromatic carbocycles. The maximum absolute atomic E-state index is 12.0. The Hall–Kier alpha value is -1.59. The van der Waals surface area contributed by atoms with Gasteiger partial charge in [-0.15, -0.1) is 0 Å². The smallest absolute Gasteiger partial charge is 0.328 e. The highest BCUT2D eigenvalue weighted by atomic mass is 16.5. The molecular formula is C16H29NO5. The number of ether oxygens (including phenoxy) is 2. The van der Waals surface area contributed by atoms with Crippen LogP contribution in [0.5, 0.6) is 0 Å². The van der Waals surface area contributed by atoms with E-state index in [1.807, 2.05) is 0 Å². The van der Waals surface area contributed by atoms with Crippen molar-refractivity contribution in [3.63, 3.8) is 0 Å². The molecule has 1 atom stereocenters. The molecular weight excluding hydrogens is 286 g/mol. The molecule has 0 spiro atoms. The Kier molecular flexibility index (Phi) is 9.45. The fourth-order valence-corrected chi connectivity index (χ4v) is 1.72. The molecule has 0 fully saturated rings. The summed E-state index contributed by atoms with van der Waals surface area (Å²) in [6, 6.07) is -0.672. The molecule has 0 rings (SSSR count). The molecule has 0 radical (unpaired) electrons. The summed E-state index contributed by atoms with van der Waals surface area (Å²) in [7, 11) is 0. The maximum Gasteiger partial charge on any atom is 0.328 e. The molecule has 0 aliphatic rings.